The number of carbonyl (C=O) groups is 1. The predicted molar refractivity (Wildman–Crippen MR) is 82.3 cm³/mol. The van der Waals surface area contributed by atoms with Crippen molar-refractivity contribution in [1.29, 1.82) is 0 Å². The third-order valence-electron chi connectivity index (χ3n) is 3.20. The molecule has 0 saturated heterocycles. The highest BCUT2D eigenvalue weighted by molar-refractivity contribution is 7.08. The molecule has 0 aliphatic heterocycles. The quantitative estimate of drug-likeness (QED) is 0.767. The standard InChI is InChI=1S/C15H20N2O3S/c1-11(8-13-4-3-6-20-13)17-14(18)16-10-15(2,19)12-5-7-21-9-12/h3-7,9,11,19H,8,10H2,1-2H3,(H2,16,17,18)/t11-,15+/m0/s1. The van der Waals surface area contributed by atoms with Gasteiger partial charge in [0.2, 0.25) is 0 Å². The summed E-state index contributed by atoms with van der Waals surface area (Å²) >= 11 is 1.51. The minimum atomic E-state index is -1.07. The molecule has 2 aromatic rings. The van der Waals surface area contributed by atoms with Gasteiger partial charge in [0.1, 0.15) is 11.4 Å². The SMILES string of the molecule is C[C@@H](Cc1ccco1)NC(=O)NC[C@@](C)(O)c1ccsc1. The maximum Gasteiger partial charge on any atom is 0.315 e. The van der Waals surface area contributed by atoms with Crippen molar-refractivity contribution in [2.45, 2.75) is 31.9 Å². The van der Waals surface area contributed by atoms with Gasteiger partial charge in [-0.05, 0) is 48.4 Å². The maximum absolute atomic E-state index is 11.8. The van der Waals surface area contributed by atoms with Crippen molar-refractivity contribution >= 4 is 17.4 Å². The Hall–Kier alpha value is -1.79. The zero-order valence-electron chi connectivity index (χ0n) is 12.1. The second kappa shape index (κ2) is 6.78. The van der Waals surface area contributed by atoms with Crippen LogP contribution in [0.1, 0.15) is 25.2 Å². The summed E-state index contributed by atoms with van der Waals surface area (Å²) in [6, 6.07) is 5.19. The molecule has 0 saturated carbocycles. The minimum absolute atomic E-state index is 0.0535. The number of aliphatic hydroxyl groups is 1. The lowest BCUT2D eigenvalue weighted by Crippen LogP contribution is -2.46. The fraction of sp³-hybridized carbons (Fsp3) is 0.400. The van der Waals surface area contributed by atoms with Crippen molar-refractivity contribution in [2.24, 2.45) is 0 Å². The van der Waals surface area contributed by atoms with Crippen LogP contribution in [0.2, 0.25) is 0 Å². The van der Waals surface area contributed by atoms with Crippen LogP contribution in [0.3, 0.4) is 0 Å². The lowest BCUT2D eigenvalue weighted by molar-refractivity contribution is 0.0597. The maximum atomic E-state index is 11.8. The van der Waals surface area contributed by atoms with Crippen LogP contribution in [-0.4, -0.2) is 23.7 Å². The number of rotatable bonds is 6. The normalized spacial score (nSPS) is 15.2. The molecule has 0 fully saturated rings. The Morgan fingerprint density at radius 1 is 1.52 bits per heavy atom. The second-order valence-electron chi connectivity index (χ2n) is 5.30. The summed E-state index contributed by atoms with van der Waals surface area (Å²) in [5, 5.41) is 19.6. The molecule has 21 heavy (non-hydrogen) atoms. The first-order valence-electron chi connectivity index (χ1n) is 6.79. The Kier molecular flexibility index (Phi) is 5.03. The van der Waals surface area contributed by atoms with E-state index in [1.807, 2.05) is 35.9 Å². The van der Waals surface area contributed by atoms with Crippen LogP contribution in [0.25, 0.3) is 0 Å². The van der Waals surface area contributed by atoms with Crippen LogP contribution >= 0.6 is 11.3 Å². The fourth-order valence-electron chi connectivity index (χ4n) is 1.98. The van der Waals surface area contributed by atoms with Crippen LogP contribution in [-0.2, 0) is 12.0 Å². The monoisotopic (exact) mass is 308 g/mol. The molecule has 2 heterocycles. The van der Waals surface area contributed by atoms with E-state index in [1.165, 1.54) is 11.3 Å². The number of amides is 2. The van der Waals surface area contributed by atoms with Gasteiger partial charge >= 0.3 is 6.03 Å². The highest BCUT2D eigenvalue weighted by Gasteiger charge is 2.24. The van der Waals surface area contributed by atoms with Gasteiger partial charge in [0.05, 0.1) is 12.8 Å². The summed E-state index contributed by atoms with van der Waals surface area (Å²) in [6.45, 7) is 3.74. The second-order valence-corrected chi connectivity index (χ2v) is 6.08. The van der Waals surface area contributed by atoms with E-state index < -0.39 is 5.60 Å². The Morgan fingerprint density at radius 3 is 2.95 bits per heavy atom. The molecule has 2 amide bonds. The topological polar surface area (TPSA) is 74.5 Å². The number of urea groups is 1. The number of carbonyl (C=O) groups excluding carboxylic acids is 1. The molecule has 2 atom stereocenters. The smallest absolute Gasteiger partial charge is 0.315 e. The van der Waals surface area contributed by atoms with Gasteiger partial charge in [0.25, 0.3) is 0 Å². The molecule has 0 radical (unpaired) electrons. The summed E-state index contributed by atoms with van der Waals surface area (Å²) in [7, 11) is 0. The van der Waals surface area contributed by atoms with E-state index in [9.17, 15) is 9.90 Å². The molecule has 2 rings (SSSR count). The van der Waals surface area contributed by atoms with E-state index in [4.69, 9.17) is 4.42 Å². The minimum Gasteiger partial charge on any atom is -0.469 e. The third kappa shape index (κ3) is 4.61. The molecule has 6 heteroatoms. The zero-order chi connectivity index (χ0) is 15.3. The molecular formula is C15H20N2O3S. The first-order valence-corrected chi connectivity index (χ1v) is 7.73. The van der Waals surface area contributed by atoms with Crippen molar-refractivity contribution in [3.63, 3.8) is 0 Å². The molecule has 0 aromatic carbocycles. The molecule has 0 spiro atoms. The number of hydrogen-bond donors (Lipinski definition) is 3. The van der Waals surface area contributed by atoms with E-state index in [2.05, 4.69) is 10.6 Å². The van der Waals surface area contributed by atoms with Crippen LogP contribution < -0.4 is 10.6 Å². The fourth-order valence-corrected chi connectivity index (χ4v) is 2.76. The van der Waals surface area contributed by atoms with Gasteiger partial charge in [-0.1, -0.05) is 0 Å². The summed E-state index contributed by atoms with van der Waals surface area (Å²) < 4.78 is 5.24. The molecular weight excluding hydrogens is 288 g/mol. The van der Waals surface area contributed by atoms with Crippen molar-refractivity contribution in [1.82, 2.24) is 10.6 Å². The molecule has 0 bridgehead atoms. The van der Waals surface area contributed by atoms with Crippen LogP contribution in [0.4, 0.5) is 4.79 Å². The van der Waals surface area contributed by atoms with Crippen molar-refractivity contribution in [3.05, 3.63) is 46.5 Å². The van der Waals surface area contributed by atoms with Gasteiger partial charge in [-0.3, -0.25) is 0 Å². The molecule has 5 nitrogen and oxygen atoms in total. The first-order chi connectivity index (χ1) is 9.97. The summed E-state index contributed by atoms with van der Waals surface area (Å²) in [5.41, 5.74) is -0.266. The van der Waals surface area contributed by atoms with Crippen LogP contribution in [0.15, 0.2) is 39.6 Å². The Morgan fingerprint density at radius 2 is 2.33 bits per heavy atom. The van der Waals surface area contributed by atoms with Gasteiger partial charge in [0.15, 0.2) is 0 Å². The number of thiophene rings is 1. The summed E-state index contributed by atoms with van der Waals surface area (Å²) in [4.78, 5) is 11.8. The van der Waals surface area contributed by atoms with E-state index in [0.717, 1.165) is 11.3 Å². The van der Waals surface area contributed by atoms with Crippen molar-refractivity contribution < 1.29 is 14.3 Å². The third-order valence-corrected chi connectivity index (χ3v) is 3.88. The van der Waals surface area contributed by atoms with Crippen molar-refractivity contribution in [3.8, 4) is 0 Å². The lowest BCUT2D eigenvalue weighted by Gasteiger charge is -2.23. The van der Waals surface area contributed by atoms with E-state index in [-0.39, 0.29) is 18.6 Å². The lowest BCUT2D eigenvalue weighted by atomic mass is 9.99. The number of hydrogen-bond acceptors (Lipinski definition) is 4. The van der Waals surface area contributed by atoms with Gasteiger partial charge in [-0.2, -0.15) is 11.3 Å². The average Bonchev–Trinajstić information content (AvgIpc) is 3.09. The van der Waals surface area contributed by atoms with Gasteiger partial charge < -0.3 is 20.2 Å². The van der Waals surface area contributed by atoms with Gasteiger partial charge in [0, 0.05) is 12.5 Å². The molecule has 114 valence electrons. The van der Waals surface area contributed by atoms with E-state index in [0.29, 0.717) is 6.42 Å². The van der Waals surface area contributed by atoms with Crippen LogP contribution in [0.5, 0.6) is 0 Å². The van der Waals surface area contributed by atoms with E-state index in [1.54, 1.807) is 13.2 Å². The molecule has 0 aliphatic carbocycles. The van der Waals surface area contributed by atoms with Gasteiger partial charge in [-0.25, -0.2) is 4.79 Å². The molecule has 3 N–H and O–H groups in total. The average molecular weight is 308 g/mol. The Labute approximate surface area is 128 Å². The number of nitrogens with one attached hydrogen (secondary N) is 2. The Balaban J connectivity index is 1.77. The molecule has 0 unspecified atom stereocenters. The highest BCUT2D eigenvalue weighted by atomic mass is 32.1. The summed E-state index contributed by atoms with van der Waals surface area (Å²) in [6.07, 6.45) is 2.24. The van der Waals surface area contributed by atoms with Crippen LogP contribution in [0, 0.1) is 0 Å². The van der Waals surface area contributed by atoms with E-state index >= 15 is 0 Å². The Bertz CT molecular complexity index is 550. The first kappa shape index (κ1) is 15.6. The largest absolute Gasteiger partial charge is 0.469 e. The predicted octanol–water partition coefficient (Wildman–Crippen LogP) is 2.48. The number of furan rings is 1. The highest BCUT2D eigenvalue weighted by Crippen LogP contribution is 2.21. The van der Waals surface area contributed by atoms with Gasteiger partial charge in [-0.15, -0.1) is 0 Å². The molecule has 0 aliphatic rings. The zero-order valence-corrected chi connectivity index (χ0v) is 12.9. The summed E-state index contributed by atoms with van der Waals surface area (Å²) in [5.74, 6) is 0.827. The molecule has 2 aromatic heterocycles. The van der Waals surface area contributed by atoms with Crippen molar-refractivity contribution in [2.75, 3.05) is 6.54 Å².